The lowest BCUT2D eigenvalue weighted by molar-refractivity contribution is 0.212. The van der Waals surface area contributed by atoms with Crippen LogP contribution in [-0.2, 0) is 6.42 Å². The molecule has 0 atom stereocenters. The van der Waals surface area contributed by atoms with Crippen molar-refractivity contribution in [2.45, 2.75) is 44.1 Å². The molecule has 2 aliphatic rings. The Labute approximate surface area is 127 Å². The molecule has 3 heteroatoms. The summed E-state index contributed by atoms with van der Waals surface area (Å²) in [5.74, 6) is 0. The van der Waals surface area contributed by atoms with Crippen LogP contribution in [0.1, 0.15) is 37.7 Å². The van der Waals surface area contributed by atoms with Crippen LogP contribution in [0.5, 0.6) is 0 Å². The van der Waals surface area contributed by atoms with Crippen molar-refractivity contribution in [2.24, 2.45) is 0 Å². The van der Waals surface area contributed by atoms with Crippen LogP contribution in [0.2, 0.25) is 5.02 Å². The largest absolute Gasteiger partial charge is 0.310 e. The van der Waals surface area contributed by atoms with Crippen LogP contribution in [0.3, 0.4) is 0 Å². The van der Waals surface area contributed by atoms with Crippen LogP contribution >= 0.6 is 11.6 Å². The molecule has 0 amide bonds. The Balaban J connectivity index is 1.57. The maximum Gasteiger partial charge on any atom is 0.0406 e. The molecule has 110 valence electrons. The molecule has 1 N–H and O–H groups in total. The summed E-state index contributed by atoms with van der Waals surface area (Å²) in [5, 5.41) is 4.66. The summed E-state index contributed by atoms with van der Waals surface area (Å²) in [5.41, 5.74) is 1.82. The van der Waals surface area contributed by atoms with Gasteiger partial charge in [0.05, 0.1) is 0 Å². The van der Waals surface area contributed by atoms with Gasteiger partial charge in [0, 0.05) is 23.7 Å². The van der Waals surface area contributed by atoms with Crippen molar-refractivity contribution < 1.29 is 0 Å². The fraction of sp³-hybridized carbons (Fsp3) is 0.647. The van der Waals surface area contributed by atoms with E-state index in [0.717, 1.165) is 11.4 Å². The summed E-state index contributed by atoms with van der Waals surface area (Å²) in [4.78, 5) is 2.67. The molecule has 20 heavy (non-hydrogen) atoms. The highest BCUT2D eigenvalue weighted by molar-refractivity contribution is 6.30. The smallest absolute Gasteiger partial charge is 0.0406 e. The van der Waals surface area contributed by atoms with Gasteiger partial charge in [-0.05, 0) is 56.5 Å². The molecule has 2 nitrogen and oxygen atoms in total. The third kappa shape index (κ3) is 3.55. The van der Waals surface area contributed by atoms with Crippen molar-refractivity contribution in [2.75, 3.05) is 26.2 Å². The van der Waals surface area contributed by atoms with Gasteiger partial charge in [-0.3, -0.25) is 0 Å². The molecule has 0 radical (unpaired) electrons. The standard InChI is InChI=1S/C17H25ClN2/c18-16-6-4-15(5-7-16)8-13-20-12-3-11-19-17(14-20)9-1-2-10-17/h4-7,19H,1-3,8-14H2. The third-order valence-electron chi connectivity index (χ3n) is 4.87. The highest BCUT2D eigenvalue weighted by Gasteiger charge is 2.36. The average Bonchev–Trinajstić information content (AvgIpc) is 2.80. The summed E-state index contributed by atoms with van der Waals surface area (Å²) in [6.45, 7) is 4.84. The summed E-state index contributed by atoms with van der Waals surface area (Å²) in [6.07, 6.45) is 7.94. The molecule has 0 bridgehead atoms. The van der Waals surface area contributed by atoms with Gasteiger partial charge in [0.15, 0.2) is 0 Å². The van der Waals surface area contributed by atoms with Gasteiger partial charge in [-0.1, -0.05) is 36.6 Å². The quantitative estimate of drug-likeness (QED) is 0.917. The van der Waals surface area contributed by atoms with Crippen molar-refractivity contribution in [1.82, 2.24) is 10.2 Å². The minimum Gasteiger partial charge on any atom is -0.310 e. The van der Waals surface area contributed by atoms with Crippen LogP contribution in [-0.4, -0.2) is 36.6 Å². The molecular weight excluding hydrogens is 268 g/mol. The van der Waals surface area contributed by atoms with E-state index in [1.54, 1.807) is 0 Å². The van der Waals surface area contributed by atoms with E-state index >= 15 is 0 Å². The zero-order chi connectivity index (χ0) is 13.8. The van der Waals surface area contributed by atoms with Gasteiger partial charge >= 0.3 is 0 Å². The Bertz CT molecular complexity index is 423. The first kappa shape index (κ1) is 14.4. The molecule has 1 saturated carbocycles. The van der Waals surface area contributed by atoms with E-state index in [4.69, 9.17) is 11.6 Å². The second kappa shape index (κ2) is 6.46. The first-order valence-electron chi connectivity index (χ1n) is 7.98. The lowest BCUT2D eigenvalue weighted by Crippen LogP contribution is -2.49. The second-order valence-corrected chi connectivity index (χ2v) is 6.86. The zero-order valence-corrected chi connectivity index (χ0v) is 13.0. The van der Waals surface area contributed by atoms with Gasteiger partial charge in [-0.15, -0.1) is 0 Å². The number of hydrogen-bond acceptors (Lipinski definition) is 2. The Morgan fingerprint density at radius 2 is 1.85 bits per heavy atom. The van der Waals surface area contributed by atoms with E-state index in [2.05, 4.69) is 22.3 Å². The van der Waals surface area contributed by atoms with Crippen molar-refractivity contribution in [3.8, 4) is 0 Å². The molecule has 0 aromatic heterocycles. The molecule has 1 aromatic carbocycles. The van der Waals surface area contributed by atoms with Crippen LogP contribution in [0.15, 0.2) is 24.3 Å². The predicted octanol–water partition coefficient (Wildman–Crippen LogP) is 3.49. The molecule has 3 rings (SSSR count). The van der Waals surface area contributed by atoms with Gasteiger partial charge in [0.1, 0.15) is 0 Å². The maximum atomic E-state index is 5.95. The number of nitrogens with one attached hydrogen (secondary N) is 1. The molecule has 0 unspecified atom stereocenters. The predicted molar refractivity (Wildman–Crippen MR) is 85.4 cm³/mol. The van der Waals surface area contributed by atoms with E-state index in [1.165, 1.54) is 63.8 Å². The molecule has 1 aliphatic heterocycles. The maximum absolute atomic E-state index is 5.95. The van der Waals surface area contributed by atoms with Gasteiger partial charge in [-0.25, -0.2) is 0 Å². The van der Waals surface area contributed by atoms with Crippen LogP contribution in [0, 0.1) is 0 Å². The summed E-state index contributed by atoms with van der Waals surface area (Å²) in [7, 11) is 0. The Kier molecular flexibility index (Phi) is 4.65. The summed E-state index contributed by atoms with van der Waals surface area (Å²) >= 11 is 5.95. The van der Waals surface area contributed by atoms with Crippen molar-refractivity contribution in [1.29, 1.82) is 0 Å². The lowest BCUT2D eigenvalue weighted by atomic mass is 9.97. The van der Waals surface area contributed by atoms with Gasteiger partial charge in [0.2, 0.25) is 0 Å². The van der Waals surface area contributed by atoms with Crippen molar-refractivity contribution in [3.05, 3.63) is 34.9 Å². The molecule has 1 saturated heterocycles. The highest BCUT2D eigenvalue weighted by Crippen LogP contribution is 2.31. The Morgan fingerprint density at radius 1 is 1.10 bits per heavy atom. The van der Waals surface area contributed by atoms with Crippen LogP contribution < -0.4 is 5.32 Å². The van der Waals surface area contributed by atoms with E-state index in [-0.39, 0.29) is 0 Å². The number of rotatable bonds is 3. The minimum absolute atomic E-state index is 0.427. The normalized spacial score (nSPS) is 23.1. The Morgan fingerprint density at radius 3 is 2.60 bits per heavy atom. The molecule has 1 aliphatic carbocycles. The molecule has 1 aromatic rings. The fourth-order valence-electron chi connectivity index (χ4n) is 3.74. The number of nitrogens with zero attached hydrogens (tertiary/aromatic N) is 1. The van der Waals surface area contributed by atoms with E-state index in [1.807, 2.05) is 12.1 Å². The monoisotopic (exact) mass is 292 g/mol. The highest BCUT2D eigenvalue weighted by atomic mass is 35.5. The van der Waals surface area contributed by atoms with Crippen molar-refractivity contribution >= 4 is 11.6 Å². The molecule has 1 spiro atoms. The molecule has 2 fully saturated rings. The van der Waals surface area contributed by atoms with Crippen molar-refractivity contribution in [3.63, 3.8) is 0 Å². The van der Waals surface area contributed by atoms with E-state index in [9.17, 15) is 0 Å². The van der Waals surface area contributed by atoms with Gasteiger partial charge in [-0.2, -0.15) is 0 Å². The van der Waals surface area contributed by atoms with Gasteiger partial charge in [0.25, 0.3) is 0 Å². The number of benzene rings is 1. The summed E-state index contributed by atoms with van der Waals surface area (Å²) in [6, 6.07) is 8.31. The van der Waals surface area contributed by atoms with E-state index in [0.29, 0.717) is 5.54 Å². The fourth-order valence-corrected chi connectivity index (χ4v) is 3.86. The molecule has 1 heterocycles. The SMILES string of the molecule is Clc1ccc(CCN2CCCNC3(CCCC3)C2)cc1. The first-order valence-corrected chi connectivity index (χ1v) is 8.35. The van der Waals surface area contributed by atoms with Crippen LogP contribution in [0.4, 0.5) is 0 Å². The van der Waals surface area contributed by atoms with Gasteiger partial charge < -0.3 is 10.2 Å². The lowest BCUT2D eigenvalue weighted by Gasteiger charge is -2.33. The zero-order valence-electron chi connectivity index (χ0n) is 12.2. The average molecular weight is 293 g/mol. The Hall–Kier alpha value is -0.570. The summed E-state index contributed by atoms with van der Waals surface area (Å²) < 4.78 is 0. The number of halogens is 1. The first-order chi connectivity index (χ1) is 9.76. The topological polar surface area (TPSA) is 15.3 Å². The third-order valence-corrected chi connectivity index (χ3v) is 5.12. The van der Waals surface area contributed by atoms with E-state index < -0.39 is 0 Å². The minimum atomic E-state index is 0.427. The second-order valence-electron chi connectivity index (χ2n) is 6.42. The number of hydrogen-bond donors (Lipinski definition) is 1. The molecular formula is C17H25ClN2. The van der Waals surface area contributed by atoms with Crippen LogP contribution in [0.25, 0.3) is 0 Å².